The molecule has 2 N–H and O–H groups in total. The van der Waals surface area contributed by atoms with E-state index in [4.69, 9.17) is 5.11 Å². The van der Waals surface area contributed by atoms with Crippen LogP contribution in [0, 0.1) is 46.3 Å². The standard InChI is InChI=1S/C29H49NO2/c1-20(10-11-21(2)30-19-7-9-27(31)32)24-14-15-25-23-13-12-22-8-5-6-17-28(22,3)26(23)16-18-29(24,25)4/h20,22-26,30H,2,5-19H2,1,3-4H3,(H,31,32)/t20-,22+,23?,24?,25-,26?,28?,29?/m1/s1. The molecule has 4 saturated carbocycles. The second-order valence-corrected chi connectivity index (χ2v) is 12.7. The molecule has 182 valence electrons. The zero-order valence-corrected chi connectivity index (χ0v) is 21.1. The van der Waals surface area contributed by atoms with E-state index in [1.807, 2.05) is 0 Å². The monoisotopic (exact) mass is 443 g/mol. The molecular weight excluding hydrogens is 394 g/mol. The third-order valence-corrected chi connectivity index (χ3v) is 11.2. The molecular formula is C29H49NO2. The van der Waals surface area contributed by atoms with Gasteiger partial charge < -0.3 is 10.4 Å². The van der Waals surface area contributed by atoms with Crippen molar-refractivity contribution in [3.63, 3.8) is 0 Å². The Morgan fingerprint density at radius 3 is 2.56 bits per heavy atom. The van der Waals surface area contributed by atoms with Gasteiger partial charge in [0, 0.05) is 18.7 Å². The number of rotatable bonds is 9. The van der Waals surface area contributed by atoms with Gasteiger partial charge in [-0.25, -0.2) is 0 Å². The van der Waals surface area contributed by atoms with Crippen LogP contribution in [0.2, 0.25) is 0 Å². The molecule has 4 aliphatic rings. The molecule has 4 rings (SSSR count). The van der Waals surface area contributed by atoms with Gasteiger partial charge in [0.15, 0.2) is 0 Å². The Hall–Kier alpha value is -0.990. The highest BCUT2D eigenvalue weighted by molar-refractivity contribution is 5.66. The SMILES string of the molecule is C=C(CC[C@@H](C)C1CC[C@@H]2C3CC[C@@H]4CCCCC4(C)C3CCC12C)NCCCC(=O)O. The Kier molecular flexibility index (Phi) is 7.32. The maximum atomic E-state index is 10.7. The third kappa shape index (κ3) is 4.51. The summed E-state index contributed by atoms with van der Waals surface area (Å²) in [5.74, 6) is 4.89. The van der Waals surface area contributed by atoms with Crippen LogP contribution in [0.1, 0.15) is 111 Å². The molecule has 5 unspecified atom stereocenters. The van der Waals surface area contributed by atoms with Gasteiger partial charge in [-0.15, -0.1) is 0 Å². The van der Waals surface area contributed by atoms with Gasteiger partial charge in [0.05, 0.1) is 0 Å². The van der Waals surface area contributed by atoms with Crippen molar-refractivity contribution in [3.8, 4) is 0 Å². The Morgan fingerprint density at radius 1 is 1.00 bits per heavy atom. The molecule has 3 nitrogen and oxygen atoms in total. The summed E-state index contributed by atoms with van der Waals surface area (Å²) in [5, 5.41) is 12.1. The number of carbonyl (C=O) groups is 1. The van der Waals surface area contributed by atoms with E-state index < -0.39 is 5.97 Å². The molecule has 0 bridgehead atoms. The molecule has 0 aromatic carbocycles. The number of aliphatic carboxylic acids is 1. The van der Waals surface area contributed by atoms with E-state index in [9.17, 15) is 4.79 Å². The summed E-state index contributed by atoms with van der Waals surface area (Å²) in [6.45, 7) is 12.8. The molecule has 0 aromatic rings. The predicted molar refractivity (Wildman–Crippen MR) is 132 cm³/mol. The smallest absolute Gasteiger partial charge is 0.303 e. The van der Waals surface area contributed by atoms with E-state index in [1.165, 1.54) is 70.6 Å². The highest BCUT2D eigenvalue weighted by Gasteiger charge is 2.60. The van der Waals surface area contributed by atoms with E-state index in [0.717, 1.165) is 54.2 Å². The predicted octanol–water partition coefficient (Wildman–Crippen LogP) is 7.42. The number of carboxylic acid groups (broad SMARTS) is 1. The Labute approximate surface area is 197 Å². The van der Waals surface area contributed by atoms with E-state index in [1.54, 1.807) is 0 Å². The first kappa shape index (κ1) is 24.1. The van der Waals surface area contributed by atoms with Gasteiger partial charge in [0.25, 0.3) is 0 Å². The summed E-state index contributed by atoms with van der Waals surface area (Å²) in [6.07, 6.45) is 18.0. The number of hydrogen-bond donors (Lipinski definition) is 2. The average molecular weight is 444 g/mol. The van der Waals surface area contributed by atoms with Crippen molar-refractivity contribution in [3.05, 3.63) is 12.3 Å². The third-order valence-electron chi connectivity index (χ3n) is 11.2. The fourth-order valence-corrected chi connectivity index (χ4v) is 9.47. The zero-order valence-electron chi connectivity index (χ0n) is 21.1. The molecule has 4 aliphatic carbocycles. The lowest BCUT2D eigenvalue weighted by molar-refractivity contribution is -0.137. The first-order valence-corrected chi connectivity index (χ1v) is 13.9. The maximum absolute atomic E-state index is 10.7. The molecule has 0 aromatic heterocycles. The molecule has 0 aliphatic heterocycles. The van der Waals surface area contributed by atoms with Crippen molar-refractivity contribution in [1.29, 1.82) is 0 Å². The largest absolute Gasteiger partial charge is 0.481 e. The van der Waals surface area contributed by atoms with Gasteiger partial charge in [0.2, 0.25) is 0 Å². The number of carboxylic acids is 1. The first-order chi connectivity index (χ1) is 15.3. The van der Waals surface area contributed by atoms with Crippen LogP contribution in [0.25, 0.3) is 0 Å². The minimum Gasteiger partial charge on any atom is -0.481 e. The van der Waals surface area contributed by atoms with Crippen molar-refractivity contribution in [2.24, 2.45) is 46.3 Å². The highest BCUT2D eigenvalue weighted by atomic mass is 16.4. The van der Waals surface area contributed by atoms with E-state index in [-0.39, 0.29) is 6.42 Å². The van der Waals surface area contributed by atoms with Gasteiger partial charge >= 0.3 is 5.97 Å². The average Bonchev–Trinajstić information content (AvgIpc) is 3.12. The van der Waals surface area contributed by atoms with Gasteiger partial charge in [-0.2, -0.15) is 0 Å². The van der Waals surface area contributed by atoms with Crippen molar-refractivity contribution >= 4 is 5.97 Å². The quantitative estimate of drug-likeness (QED) is 0.364. The maximum Gasteiger partial charge on any atom is 0.303 e. The topological polar surface area (TPSA) is 49.3 Å². The van der Waals surface area contributed by atoms with Gasteiger partial charge in [-0.1, -0.05) is 40.2 Å². The summed E-state index contributed by atoms with van der Waals surface area (Å²) >= 11 is 0. The van der Waals surface area contributed by atoms with Crippen LogP contribution in [0.5, 0.6) is 0 Å². The lowest BCUT2D eigenvalue weighted by atomic mass is 9.44. The highest BCUT2D eigenvalue weighted by Crippen LogP contribution is 2.68. The lowest BCUT2D eigenvalue weighted by Gasteiger charge is -2.61. The molecule has 0 radical (unpaired) electrons. The molecule has 0 spiro atoms. The number of hydrogen-bond acceptors (Lipinski definition) is 2. The molecule has 0 saturated heterocycles. The van der Waals surface area contributed by atoms with Crippen LogP contribution in [-0.4, -0.2) is 17.6 Å². The molecule has 3 heteroatoms. The van der Waals surface area contributed by atoms with Crippen LogP contribution in [0.15, 0.2) is 12.3 Å². The molecule has 8 atom stereocenters. The number of allylic oxidation sites excluding steroid dienone is 1. The van der Waals surface area contributed by atoms with Crippen molar-refractivity contribution in [2.75, 3.05) is 6.54 Å². The van der Waals surface area contributed by atoms with Crippen molar-refractivity contribution in [1.82, 2.24) is 5.32 Å². The van der Waals surface area contributed by atoms with Crippen LogP contribution >= 0.6 is 0 Å². The number of fused-ring (bicyclic) bond motifs is 5. The summed E-state index contributed by atoms with van der Waals surface area (Å²) in [5.41, 5.74) is 2.29. The fourth-order valence-electron chi connectivity index (χ4n) is 9.47. The number of nitrogens with one attached hydrogen (secondary N) is 1. The second-order valence-electron chi connectivity index (χ2n) is 12.7. The van der Waals surface area contributed by atoms with Crippen LogP contribution in [0.4, 0.5) is 0 Å². The minimum atomic E-state index is -0.712. The minimum absolute atomic E-state index is 0.237. The van der Waals surface area contributed by atoms with Gasteiger partial charge in [0.1, 0.15) is 0 Å². The van der Waals surface area contributed by atoms with E-state index in [0.29, 0.717) is 17.3 Å². The van der Waals surface area contributed by atoms with Crippen LogP contribution in [-0.2, 0) is 4.79 Å². The Morgan fingerprint density at radius 2 is 1.78 bits per heavy atom. The Bertz CT molecular complexity index is 689. The zero-order chi connectivity index (χ0) is 22.9. The van der Waals surface area contributed by atoms with E-state index >= 15 is 0 Å². The van der Waals surface area contributed by atoms with Crippen LogP contribution < -0.4 is 5.32 Å². The summed E-state index contributed by atoms with van der Waals surface area (Å²) < 4.78 is 0. The fraction of sp³-hybridized carbons (Fsp3) is 0.897. The normalized spacial score (nSPS) is 41.8. The van der Waals surface area contributed by atoms with Crippen molar-refractivity contribution < 1.29 is 9.90 Å². The summed E-state index contributed by atoms with van der Waals surface area (Å²) in [6, 6.07) is 0. The molecule has 0 amide bonds. The van der Waals surface area contributed by atoms with Gasteiger partial charge in [-0.3, -0.25) is 4.79 Å². The Balaban J connectivity index is 1.32. The summed E-state index contributed by atoms with van der Waals surface area (Å²) in [7, 11) is 0. The summed E-state index contributed by atoms with van der Waals surface area (Å²) in [4.78, 5) is 10.7. The van der Waals surface area contributed by atoms with Crippen LogP contribution in [0.3, 0.4) is 0 Å². The molecule has 32 heavy (non-hydrogen) atoms. The molecule has 4 fully saturated rings. The molecule has 0 heterocycles. The second kappa shape index (κ2) is 9.71. The van der Waals surface area contributed by atoms with Crippen molar-refractivity contribution in [2.45, 2.75) is 111 Å². The van der Waals surface area contributed by atoms with E-state index in [2.05, 4.69) is 32.7 Å². The lowest BCUT2D eigenvalue weighted by Crippen LogP contribution is -2.53. The van der Waals surface area contributed by atoms with Gasteiger partial charge in [-0.05, 0) is 117 Å². The first-order valence-electron chi connectivity index (χ1n) is 13.9.